The molecule has 0 aliphatic carbocycles. The predicted molar refractivity (Wildman–Crippen MR) is 118 cm³/mol. The Labute approximate surface area is 180 Å². The van der Waals surface area contributed by atoms with Crippen molar-refractivity contribution in [3.05, 3.63) is 35.9 Å². The minimum absolute atomic E-state index is 0.123. The van der Waals surface area contributed by atoms with Gasteiger partial charge in [-0.3, -0.25) is 9.59 Å². The molecule has 0 radical (unpaired) electrons. The third-order valence-corrected chi connectivity index (χ3v) is 4.74. The molecule has 2 atom stereocenters. The van der Waals surface area contributed by atoms with Gasteiger partial charge in [0.25, 0.3) is 0 Å². The van der Waals surface area contributed by atoms with Crippen LogP contribution in [0.4, 0.5) is 4.79 Å². The standard InChI is InChI=1S/C23H37N3O4/c1-5-7-14-19(21(27)24-15-8-6-2)25-22(28)20(17(3)4)26-23(29)30-16-18-12-10-9-11-13-18/h9-13,17,19-20H,5-8,14-16H2,1-4H3,(H,24,27)(H,25,28)(H,26,29)/t19-,20-/m0/s1. The Morgan fingerprint density at radius 1 is 0.933 bits per heavy atom. The molecule has 30 heavy (non-hydrogen) atoms. The average Bonchev–Trinajstić information content (AvgIpc) is 2.73. The number of amides is 3. The molecule has 0 aromatic heterocycles. The molecule has 1 rings (SSSR count). The molecule has 3 N–H and O–H groups in total. The van der Waals surface area contributed by atoms with Gasteiger partial charge in [-0.1, -0.05) is 77.3 Å². The van der Waals surface area contributed by atoms with Crippen molar-refractivity contribution in [3.8, 4) is 0 Å². The minimum Gasteiger partial charge on any atom is -0.445 e. The molecule has 1 aromatic carbocycles. The summed E-state index contributed by atoms with van der Waals surface area (Å²) in [6, 6.07) is 7.92. The first-order valence-corrected chi connectivity index (χ1v) is 10.9. The van der Waals surface area contributed by atoms with Crippen molar-refractivity contribution in [1.82, 2.24) is 16.0 Å². The maximum atomic E-state index is 12.8. The van der Waals surface area contributed by atoms with Crippen LogP contribution >= 0.6 is 0 Å². The van der Waals surface area contributed by atoms with E-state index in [2.05, 4.69) is 22.9 Å². The maximum Gasteiger partial charge on any atom is 0.408 e. The average molecular weight is 420 g/mol. The van der Waals surface area contributed by atoms with E-state index in [0.29, 0.717) is 13.0 Å². The summed E-state index contributed by atoms with van der Waals surface area (Å²) in [7, 11) is 0. The summed E-state index contributed by atoms with van der Waals surface area (Å²) in [6.45, 7) is 8.48. The molecule has 0 saturated heterocycles. The highest BCUT2D eigenvalue weighted by atomic mass is 16.5. The van der Waals surface area contributed by atoms with Crippen LogP contribution in [-0.4, -0.2) is 36.5 Å². The Kier molecular flexibility index (Phi) is 12.2. The molecule has 7 heteroatoms. The fraction of sp³-hybridized carbons (Fsp3) is 0.609. The lowest BCUT2D eigenvalue weighted by atomic mass is 10.0. The number of unbranched alkanes of at least 4 members (excludes halogenated alkanes) is 2. The van der Waals surface area contributed by atoms with E-state index < -0.39 is 18.2 Å². The molecule has 0 spiro atoms. The topological polar surface area (TPSA) is 96.5 Å². The number of carbonyl (C=O) groups excluding carboxylic acids is 3. The summed E-state index contributed by atoms with van der Waals surface area (Å²) in [5.41, 5.74) is 0.863. The Hall–Kier alpha value is -2.57. The van der Waals surface area contributed by atoms with Crippen molar-refractivity contribution in [1.29, 1.82) is 0 Å². The highest BCUT2D eigenvalue weighted by Crippen LogP contribution is 2.07. The normalized spacial score (nSPS) is 12.7. The van der Waals surface area contributed by atoms with Crippen LogP contribution in [0.5, 0.6) is 0 Å². The van der Waals surface area contributed by atoms with Crippen molar-refractivity contribution >= 4 is 17.9 Å². The van der Waals surface area contributed by atoms with E-state index in [-0.39, 0.29) is 24.3 Å². The van der Waals surface area contributed by atoms with Gasteiger partial charge < -0.3 is 20.7 Å². The van der Waals surface area contributed by atoms with Crippen molar-refractivity contribution < 1.29 is 19.1 Å². The third kappa shape index (κ3) is 9.76. The van der Waals surface area contributed by atoms with Crippen LogP contribution in [0, 0.1) is 5.92 Å². The molecule has 1 aromatic rings. The highest BCUT2D eigenvalue weighted by Gasteiger charge is 2.28. The second-order valence-electron chi connectivity index (χ2n) is 7.78. The molecule has 0 heterocycles. The largest absolute Gasteiger partial charge is 0.445 e. The molecule has 0 unspecified atom stereocenters. The lowest BCUT2D eigenvalue weighted by Gasteiger charge is -2.25. The van der Waals surface area contributed by atoms with Gasteiger partial charge in [0, 0.05) is 6.54 Å². The molecule has 3 amide bonds. The second-order valence-corrected chi connectivity index (χ2v) is 7.78. The van der Waals surface area contributed by atoms with Gasteiger partial charge >= 0.3 is 6.09 Å². The summed E-state index contributed by atoms with van der Waals surface area (Å²) < 4.78 is 5.23. The SMILES string of the molecule is CCCCNC(=O)[C@H](CCCC)NC(=O)[C@@H](NC(=O)OCc1ccccc1)C(C)C. The van der Waals surface area contributed by atoms with E-state index in [0.717, 1.165) is 31.2 Å². The molecule has 0 bridgehead atoms. The van der Waals surface area contributed by atoms with Crippen LogP contribution in [0.2, 0.25) is 0 Å². The van der Waals surface area contributed by atoms with Crippen LogP contribution in [-0.2, 0) is 20.9 Å². The fourth-order valence-electron chi connectivity index (χ4n) is 2.88. The van der Waals surface area contributed by atoms with Gasteiger partial charge in [-0.15, -0.1) is 0 Å². The molecular formula is C23H37N3O4. The van der Waals surface area contributed by atoms with E-state index in [9.17, 15) is 14.4 Å². The van der Waals surface area contributed by atoms with E-state index in [1.165, 1.54) is 0 Å². The number of ether oxygens (including phenoxy) is 1. The van der Waals surface area contributed by atoms with E-state index in [4.69, 9.17) is 4.74 Å². The first-order chi connectivity index (χ1) is 14.4. The van der Waals surface area contributed by atoms with Gasteiger partial charge in [0.05, 0.1) is 0 Å². The van der Waals surface area contributed by atoms with Crippen molar-refractivity contribution in [2.24, 2.45) is 5.92 Å². The van der Waals surface area contributed by atoms with Gasteiger partial charge in [0.2, 0.25) is 11.8 Å². The predicted octanol–water partition coefficient (Wildman–Crippen LogP) is 3.53. The monoisotopic (exact) mass is 419 g/mol. The third-order valence-electron chi connectivity index (χ3n) is 4.74. The summed E-state index contributed by atoms with van der Waals surface area (Å²) in [5.74, 6) is -0.725. The zero-order valence-electron chi connectivity index (χ0n) is 18.7. The second kappa shape index (κ2) is 14.4. The van der Waals surface area contributed by atoms with Crippen LogP contribution in [0.1, 0.15) is 65.4 Å². The van der Waals surface area contributed by atoms with E-state index >= 15 is 0 Å². The maximum absolute atomic E-state index is 12.8. The fourth-order valence-corrected chi connectivity index (χ4v) is 2.88. The summed E-state index contributed by atoms with van der Waals surface area (Å²) >= 11 is 0. The molecule has 7 nitrogen and oxygen atoms in total. The summed E-state index contributed by atoms with van der Waals surface area (Å²) in [5, 5.41) is 8.33. The Bertz CT molecular complexity index is 649. The Morgan fingerprint density at radius 3 is 2.20 bits per heavy atom. The van der Waals surface area contributed by atoms with Crippen LogP contribution < -0.4 is 16.0 Å². The summed E-state index contributed by atoms with van der Waals surface area (Å²) in [4.78, 5) is 37.5. The van der Waals surface area contributed by atoms with Crippen molar-refractivity contribution in [2.45, 2.75) is 78.5 Å². The van der Waals surface area contributed by atoms with Gasteiger partial charge in [-0.2, -0.15) is 0 Å². The van der Waals surface area contributed by atoms with E-state index in [1.54, 1.807) is 0 Å². The molecule has 168 valence electrons. The quantitative estimate of drug-likeness (QED) is 0.426. The first-order valence-electron chi connectivity index (χ1n) is 10.9. The van der Waals surface area contributed by atoms with E-state index in [1.807, 2.05) is 51.1 Å². The van der Waals surface area contributed by atoms with Crippen LogP contribution in [0.3, 0.4) is 0 Å². The number of alkyl carbamates (subject to hydrolysis) is 1. The number of carbonyl (C=O) groups is 3. The van der Waals surface area contributed by atoms with Gasteiger partial charge in [-0.25, -0.2) is 4.79 Å². The van der Waals surface area contributed by atoms with Crippen LogP contribution in [0.25, 0.3) is 0 Å². The number of rotatable bonds is 13. The van der Waals surface area contributed by atoms with Crippen molar-refractivity contribution in [3.63, 3.8) is 0 Å². The van der Waals surface area contributed by atoms with Gasteiger partial charge in [0.1, 0.15) is 18.7 Å². The summed E-state index contributed by atoms with van der Waals surface area (Å²) in [6.07, 6.45) is 3.52. The van der Waals surface area contributed by atoms with Gasteiger partial charge in [-0.05, 0) is 24.3 Å². The smallest absolute Gasteiger partial charge is 0.408 e. The van der Waals surface area contributed by atoms with Crippen LogP contribution in [0.15, 0.2) is 30.3 Å². The molecule has 0 saturated carbocycles. The number of benzene rings is 1. The zero-order valence-corrected chi connectivity index (χ0v) is 18.7. The highest BCUT2D eigenvalue weighted by molar-refractivity contribution is 5.91. The lowest BCUT2D eigenvalue weighted by Crippen LogP contribution is -2.55. The molecular weight excluding hydrogens is 382 g/mol. The number of nitrogens with one attached hydrogen (secondary N) is 3. The number of hydrogen-bond donors (Lipinski definition) is 3. The molecule has 0 aliphatic heterocycles. The Balaban J connectivity index is 2.67. The number of hydrogen-bond acceptors (Lipinski definition) is 4. The minimum atomic E-state index is -0.791. The van der Waals surface area contributed by atoms with Gasteiger partial charge in [0.15, 0.2) is 0 Å². The molecule has 0 fully saturated rings. The first kappa shape index (κ1) is 25.5. The van der Waals surface area contributed by atoms with Crippen molar-refractivity contribution in [2.75, 3.05) is 6.54 Å². The zero-order chi connectivity index (χ0) is 22.4. The lowest BCUT2D eigenvalue weighted by molar-refractivity contribution is -0.130. The molecule has 0 aliphatic rings. The Morgan fingerprint density at radius 2 is 1.60 bits per heavy atom.